The molecule has 0 radical (unpaired) electrons. The molecule has 1 atom stereocenters. The van der Waals surface area contributed by atoms with E-state index in [-0.39, 0.29) is 23.3 Å². The number of ether oxygens (including phenoxy) is 1. The van der Waals surface area contributed by atoms with Gasteiger partial charge in [-0.05, 0) is 12.8 Å². The fourth-order valence-electron chi connectivity index (χ4n) is 5.52. The second kappa shape index (κ2) is 7.33. The number of piperidine rings is 1. The van der Waals surface area contributed by atoms with Gasteiger partial charge in [-0.3, -0.25) is 19.4 Å². The van der Waals surface area contributed by atoms with E-state index in [1.165, 1.54) is 0 Å². The van der Waals surface area contributed by atoms with Gasteiger partial charge in [0.1, 0.15) is 0 Å². The summed E-state index contributed by atoms with van der Waals surface area (Å²) in [5, 5.41) is 0. The van der Waals surface area contributed by atoms with Gasteiger partial charge in [0.15, 0.2) is 0 Å². The van der Waals surface area contributed by atoms with E-state index in [9.17, 15) is 9.59 Å². The summed E-state index contributed by atoms with van der Waals surface area (Å²) in [5.74, 6) is 0.512. The van der Waals surface area contributed by atoms with Crippen LogP contribution in [0.1, 0.15) is 33.6 Å². The third-order valence-electron chi connectivity index (χ3n) is 6.98. The van der Waals surface area contributed by atoms with E-state index in [0.29, 0.717) is 12.1 Å². The van der Waals surface area contributed by atoms with Gasteiger partial charge in [0.25, 0.3) is 0 Å². The number of morpholine rings is 1. The predicted octanol–water partition coefficient (Wildman–Crippen LogP) is 0.251. The summed E-state index contributed by atoms with van der Waals surface area (Å²) in [5.41, 5.74) is 0.0922. The minimum absolute atomic E-state index is 0.0465. The lowest BCUT2D eigenvalue weighted by molar-refractivity contribution is -0.183. The number of piperazine rings is 1. The van der Waals surface area contributed by atoms with Gasteiger partial charge in [-0.15, -0.1) is 0 Å². The SMILES string of the molecule is CC(=O)N1CCC(N2CC3(CN(C(=O)C(C)C)CC4COCCN43)C2)CC1. The van der Waals surface area contributed by atoms with Crippen LogP contribution in [0.25, 0.3) is 0 Å². The van der Waals surface area contributed by atoms with Crippen LogP contribution in [0.5, 0.6) is 0 Å². The van der Waals surface area contributed by atoms with Crippen LogP contribution in [0.2, 0.25) is 0 Å². The Labute approximate surface area is 162 Å². The second-order valence-corrected chi connectivity index (χ2v) is 9.16. The maximum Gasteiger partial charge on any atom is 0.225 e. The number of rotatable bonds is 2. The van der Waals surface area contributed by atoms with Crippen molar-refractivity contribution in [2.24, 2.45) is 5.92 Å². The van der Waals surface area contributed by atoms with Crippen LogP contribution < -0.4 is 0 Å². The number of nitrogens with zero attached hydrogens (tertiary/aromatic N) is 4. The summed E-state index contributed by atoms with van der Waals surface area (Å²) in [4.78, 5) is 33.6. The maximum atomic E-state index is 12.7. The molecule has 0 aromatic rings. The Balaban J connectivity index is 1.42. The van der Waals surface area contributed by atoms with Gasteiger partial charge in [0, 0.05) is 64.7 Å². The fraction of sp³-hybridized carbons (Fsp3) is 0.900. The number of carbonyl (C=O) groups is 2. The molecule has 4 aliphatic rings. The van der Waals surface area contributed by atoms with Crippen molar-refractivity contribution >= 4 is 11.8 Å². The number of fused-ring (bicyclic) bond motifs is 2. The molecule has 1 unspecified atom stereocenters. The highest BCUT2D eigenvalue weighted by Gasteiger charge is 2.56. The number of hydrogen-bond donors (Lipinski definition) is 0. The first kappa shape index (κ1) is 19.2. The average Bonchev–Trinajstić information content (AvgIpc) is 2.64. The van der Waals surface area contributed by atoms with Gasteiger partial charge in [-0.1, -0.05) is 13.8 Å². The highest BCUT2D eigenvalue weighted by Crippen LogP contribution is 2.38. The van der Waals surface area contributed by atoms with E-state index in [1.807, 2.05) is 18.7 Å². The van der Waals surface area contributed by atoms with Gasteiger partial charge in [0.2, 0.25) is 11.8 Å². The van der Waals surface area contributed by atoms with Gasteiger partial charge < -0.3 is 14.5 Å². The standard InChI is InChI=1S/C20H34N4O3/c1-15(2)19(26)22-10-18-11-27-9-8-24(18)20(12-22)13-23(14-20)17-4-6-21(7-5-17)16(3)25/h15,17-18H,4-14H2,1-3H3. The van der Waals surface area contributed by atoms with Crippen molar-refractivity contribution in [1.82, 2.24) is 19.6 Å². The van der Waals surface area contributed by atoms with Gasteiger partial charge >= 0.3 is 0 Å². The van der Waals surface area contributed by atoms with E-state index >= 15 is 0 Å². The largest absolute Gasteiger partial charge is 0.378 e. The van der Waals surface area contributed by atoms with Crippen molar-refractivity contribution in [3.63, 3.8) is 0 Å². The van der Waals surface area contributed by atoms with Crippen LogP contribution in [0.15, 0.2) is 0 Å². The van der Waals surface area contributed by atoms with Crippen LogP contribution in [0.4, 0.5) is 0 Å². The average molecular weight is 379 g/mol. The lowest BCUT2D eigenvalue weighted by Crippen LogP contribution is -2.82. The molecule has 4 rings (SSSR count). The number of hydrogen-bond acceptors (Lipinski definition) is 5. The molecule has 0 aromatic carbocycles. The highest BCUT2D eigenvalue weighted by molar-refractivity contribution is 5.78. The summed E-state index contributed by atoms with van der Waals surface area (Å²) in [6.07, 6.45) is 2.13. The van der Waals surface area contributed by atoms with Crippen molar-refractivity contribution in [2.75, 3.05) is 59.0 Å². The summed E-state index contributed by atoms with van der Waals surface area (Å²) < 4.78 is 5.74. The van der Waals surface area contributed by atoms with Gasteiger partial charge in [-0.2, -0.15) is 0 Å². The Kier molecular flexibility index (Phi) is 5.20. The monoisotopic (exact) mass is 378 g/mol. The van der Waals surface area contributed by atoms with Crippen molar-refractivity contribution in [1.29, 1.82) is 0 Å². The van der Waals surface area contributed by atoms with E-state index in [2.05, 4.69) is 14.7 Å². The molecule has 0 bridgehead atoms. The molecule has 4 saturated heterocycles. The smallest absolute Gasteiger partial charge is 0.225 e. The Morgan fingerprint density at radius 1 is 1.00 bits per heavy atom. The number of carbonyl (C=O) groups excluding carboxylic acids is 2. The highest BCUT2D eigenvalue weighted by atomic mass is 16.5. The molecule has 7 nitrogen and oxygen atoms in total. The van der Waals surface area contributed by atoms with Crippen LogP contribution in [0, 0.1) is 5.92 Å². The predicted molar refractivity (Wildman–Crippen MR) is 102 cm³/mol. The normalized spacial score (nSPS) is 29.7. The zero-order chi connectivity index (χ0) is 19.2. The molecule has 4 aliphatic heterocycles. The summed E-state index contributed by atoms with van der Waals surface area (Å²) in [7, 11) is 0. The fourth-order valence-corrected chi connectivity index (χ4v) is 5.52. The number of amides is 2. The third-order valence-corrected chi connectivity index (χ3v) is 6.98. The van der Waals surface area contributed by atoms with Crippen molar-refractivity contribution in [2.45, 2.75) is 51.2 Å². The van der Waals surface area contributed by atoms with Crippen molar-refractivity contribution in [3.8, 4) is 0 Å². The first-order valence-electron chi connectivity index (χ1n) is 10.5. The summed E-state index contributed by atoms with van der Waals surface area (Å²) >= 11 is 0. The molecule has 4 fully saturated rings. The minimum Gasteiger partial charge on any atom is -0.378 e. The van der Waals surface area contributed by atoms with Gasteiger partial charge in [0.05, 0.1) is 24.8 Å². The molecule has 152 valence electrons. The Hall–Kier alpha value is -1.18. The first-order chi connectivity index (χ1) is 12.9. The lowest BCUT2D eigenvalue weighted by atomic mass is 9.80. The van der Waals surface area contributed by atoms with Gasteiger partial charge in [-0.25, -0.2) is 0 Å². The molecule has 27 heavy (non-hydrogen) atoms. The topological polar surface area (TPSA) is 56.3 Å². The van der Waals surface area contributed by atoms with Crippen molar-refractivity contribution in [3.05, 3.63) is 0 Å². The quantitative estimate of drug-likeness (QED) is 0.690. The molecule has 0 saturated carbocycles. The summed E-state index contributed by atoms with van der Waals surface area (Å²) in [6, 6.07) is 0.902. The van der Waals surface area contributed by atoms with Crippen LogP contribution in [0.3, 0.4) is 0 Å². The summed E-state index contributed by atoms with van der Waals surface area (Å²) in [6.45, 7) is 13.6. The molecular formula is C20H34N4O3. The van der Waals surface area contributed by atoms with Crippen LogP contribution in [-0.4, -0.2) is 108 Å². The Bertz CT molecular complexity index is 582. The van der Waals surface area contributed by atoms with Crippen molar-refractivity contribution < 1.29 is 14.3 Å². The molecule has 2 amide bonds. The van der Waals surface area contributed by atoms with Crippen LogP contribution >= 0.6 is 0 Å². The molecular weight excluding hydrogens is 344 g/mol. The lowest BCUT2D eigenvalue weighted by Gasteiger charge is -2.65. The first-order valence-corrected chi connectivity index (χ1v) is 10.5. The molecule has 0 N–H and O–H groups in total. The minimum atomic E-state index is 0.0465. The number of likely N-dealkylation sites (tertiary alicyclic amines) is 2. The van der Waals surface area contributed by atoms with E-state index < -0.39 is 0 Å². The Morgan fingerprint density at radius 2 is 1.70 bits per heavy atom. The zero-order valence-electron chi connectivity index (χ0n) is 17.0. The molecule has 1 spiro atoms. The molecule has 7 heteroatoms. The third kappa shape index (κ3) is 3.49. The zero-order valence-corrected chi connectivity index (χ0v) is 17.0. The van der Waals surface area contributed by atoms with E-state index in [1.54, 1.807) is 6.92 Å². The maximum absolute atomic E-state index is 12.7. The van der Waals surface area contributed by atoms with E-state index in [4.69, 9.17) is 4.74 Å². The van der Waals surface area contributed by atoms with Crippen LogP contribution in [-0.2, 0) is 14.3 Å². The molecule has 4 heterocycles. The van der Waals surface area contributed by atoms with E-state index in [0.717, 1.165) is 71.9 Å². The molecule has 0 aromatic heterocycles. The Morgan fingerprint density at radius 3 is 2.33 bits per heavy atom. The second-order valence-electron chi connectivity index (χ2n) is 9.16. The molecule has 0 aliphatic carbocycles.